The van der Waals surface area contributed by atoms with E-state index in [9.17, 15) is 14.4 Å². The van der Waals surface area contributed by atoms with Gasteiger partial charge in [-0.25, -0.2) is 0 Å². The number of ether oxygens (including phenoxy) is 1. The summed E-state index contributed by atoms with van der Waals surface area (Å²) in [6.07, 6.45) is -0.826. The summed E-state index contributed by atoms with van der Waals surface area (Å²) in [7, 11) is 1.16. The second kappa shape index (κ2) is 5.42. The average molecular weight is 174 g/mol. The lowest BCUT2D eigenvalue weighted by Crippen LogP contribution is -2.15. The van der Waals surface area contributed by atoms with Crippen molar-refractivity contribution >= 4 is 17.5 Å². The fourth-order valence-electron chi connectivity index (χ4n) is 0.571. The quantitative estimate of drug-likeness (QED) is 0.430. The van der Waals surface area contributed by atoms with Gasteiger partial charge >= 0.3 is 5.97 Å². The first-order valence-corrected chi connectivity index (χ1v) is 3.31. The molecule has 0 aromatic heterocycles. The Kier molecular flexibility index (Phi) is 4.87. The molecular weight excluding hydrogens is 164 g/mol. The number of rotatable bonds is 5. The first-order valence-electron chi connectivity index (χ1n) is 3.31. The summed E-state index contributed by atoms with van der Waals surface area (Å²) in [4.78, 5) is 31.7. The molecule has 0 saturated heterocycles. The summed E-state index contributed by atoms with van der Waals surface area (Å²) in [5.41, 5.74) is 0. The van der Waals surface area contributed by atoms with Crippen LogP contribution in [-0.4, -0.2) is 36.4 Å². The Morgan fingerprint density at radius 2 is 1.75 bits per heavy atom. The van der Waals surface area contributed by atoms with Crippen molar-refractivity contribution in [1.29, 1.82) is 0 Å². The predicted molar refractivity (Wildman–Crippen MR) is 38.3 cm³/mol. The van der Waals surface area contributed by atoms with Crippen LogP contribution in [0.15, 0.2) is 0 Å². The molecule has 0 spiro atoms. The summed E-state index contributed by atoms with van der Waals surface area (Å²) >= 11 is 0. The van der Waals surface area contributed by atoms with Gasteiger partial charge in [-0.15, -0.1) is 0 Å². The predicted octanol–water partition coefficient (Wildman–Crippen LogP) is -0.930. The highest BCUT2D eigenvalue weighted by Crippen LogP contribution is 1.93. The molecule has 0 rings (SSSR count). The van der Waals surface area contributed by atoms with E-state index in [1.807, 2.05) is 0 Å². The van der Waals surface area contributed by atoms with Crippen molar-refractivity contribution in [2.75, 3.05) is 13.7 Å². The number of ketones is 2. The maximum atomic E-state index is 10.7. The molecule has 0 bridgehead atoms. The highest BCUT2D eigenvalue weighted by atomic mass is 16.5. The molecule has 0 aromatic rings. The molecule has 0 unspecified atom stereocenters. The third kappa shape index (κ3) is 4.56. The lowest BCUT2D eigenvalue weighted by molar-refractivity contribution is -0.143. The Morgan fingerprint density at radius 1 is 1.17 bits per heavy atom. The highest BCUT2D eigenvalue weighted by Gasteiger charge is 2.12. The van der Waals surface area contributed by atoms with Crippen molar-refractivity contribution in [1.82, 2.24) is 0 Å². The maximum Gasteiger partial charge on any atom is 0.313 e. The normalized spacial score (nSPS) is 9.17. The zero-order valence-electron chi connectivity index (χ0n) is 6.70. The van der Waals surface area contributed by atoms with Crippen LogP contribution in [0.5, 0.6) is 0 Å². The monoisotopic (exact) mass is 174 g/mol. The Hall–Kier alpha value is -1.23. The van der Waals surface area contributed by atoms with E-state index in [0.29, 0.717) is 0 Å². The molecule has 12 heavy (non-hydrogen) atoms. The van der Waals surface area contributed by atoms with Gasteiger partial charge in [-0.3, -0.25) is 14.4 Å². The zero-order chi connectivity index (χ0) is 9.56. The van der Waals surface area contributed by atoms with Crippen molar-refractivity contribution in [3.8, 4) is 0 Å². The topological polar surface area (TPSA) is 80.7 Å². The van der Waals surface area contributed by atoms with Crippen LogP contribution < -0.4 is 0 Å². The van der Waals surface area contributed by atoms with E-state index in [0.717, 1.165) is 7.11 Å². The largest absolute Gasteiger partial charge is 0.469 e. The molecule has 0 aliphatic rings. The summed E-state index contributed by atoms with van der Waals surface area (Å²) in [5, 5.41) is 8.26. The van der Waals surface area contributed by atoms with Gasteiger partial charge in [0.15, 0.2) is 11.6 Å². The van der Waals surface area contributed by atoms with E-state index in [1.165, 1.54) is 0 Å². The van der Waals surface area contributed by atoms with Crippen LogP contribution in [0.3, 0.4) is 0 Å². The number of aliphatic hydroxyl groups excluding tert-OH is 1. The molecule has 0 heterocycles. The van der Waals surface area contributed by atoms with Crippen LogP contribution in [-0.2, 0) is 19.1 Å². The van der Waals surface area contributed by atoms with E-state index < -0.39 is 37.0 Å². The lowest BCUT2D eigenvalue weighted by Gasteiger charge is -1.96. The van der Waals surface area contributed by atoms with Crippen molar-refractivity contribution in [3.63, 3.8) is 0 Å². The Labute approximate surface area is 69.3 Å². The smallest absolute Gasteiger partial charge is 0.313 e. The van der Waals surface area contributed by atoms with Crippen LogP contribution in [0.25, 0.3) is 0 Å². The number of hydrogen-bond donors (Lipinski definition) is 1. The average Bonchev–Trinajstić information content (AvgIpc) is 2.03. The number of carbonyl (C=O) groups is 3. The van der Waals surface area contributed by atoms with Crippen LogP contribution in [0.2, 0.25) is 0 Å². The molecule has 0 aliphatic heterocycles. The number of aliphatic hydroxyl groups is 1. The third-order valence-electron chi connectivity index (χ3n) is 1.14. The van der Waals surface area contributed by atoms with E-state index >= 15 is 0 Å². The minimum Gasteiger partial charge on any atom is -0.469 e. The van der Waals surface area contributed by atoms with Crippen LogP contribution in [0.4, 0.5) is 0 Å². The molecule has 0 aliphatic carbocycles. The summed E-state index contributed by atoms with van der Waals surface area (Å²) in [6, 6.07) is 0. The van der Waals surface area contributed by atoms with Crippen molar-refractivity contribution in [2.24, 2.45) is 0 Å². The van der Waals surface area contributed by atoms with Crippen molar-refractivity contribution in [3.05, 3.63) is 0 Å². The Balaban J connectivity index is 3.74. The van der Waals surface area contributed by atoms with Gasteiger partial charge in [-0.2, -0.15) is 0 Å². The third-order valence-corrected chi connectivity index (χ3v) is 1.14. The van der Waals surface area contributed by atoms with Crippen LogP contribution in [0, 0.1) is 0 Å². The standard InChI is InChI=1S/C7H10O5/c1-12-7(11)3-5(9)2-6(10)4-8/h8H,2-4H2,1H3. The minimum atomic E-state index is -0.675. The second-order valence-electron chi connectivity index (χ2n) is 2.17. The molecule has 0 atom stereocenters. The fraction of sp³-hybridized carbons (Fsp3) is 0.571. The van der Waals surface area contributed by atoms with Crippen molar-refractivity contribution in [2.45, 2.75) is 12.8 Å². The van der Waals surface area contributed by atoms with Gasteiger partial charge in [0.2, 0.25) is 0 Å². The van der Waals surface area contributed by atoms with Gasteiger partial charge in [-0.1, -0.05) is 0 Å². The number of carbonyl (C=O) groups excluding carboxylic acids is 3. The molecule has 5 nitrogen and oxygen atoms in total. The summed E-state index contributed by atoms with van der Waals surface area (Å²) in [5.74, 6) is -1.81. The summed E-state index contributed by atoms with van der Waals surface area (Å²) < 4.78 is 4.20. The summed E-state index contributed by atoms with van der Waals surface area (Å²) in [6.45, 7) is -0.674. The van der Waals surface area contributed by atoms with Gasteiger partial charge in [-0.05, 0) is 0 Å². The van der Waals surface area contributed by atoms with Gasteiger partial charge in [0, 0.05) is 0 Å². The molecule has 0 saturated carbocycles. The Morgan fingerprint density at radius 3 is 2.17 bits per heavy atom. The van der Waals surface area contributed by atoms with Crippen LogP contribution >= 0.6 is 0 Å². The number of esters is 1. The number of Topliss-reactive ketones (excluding diaryl/α,β-unsaturated/α-hetero) is 2. The molecule has 1 N–H and O–H groups in total. The first-order chi connectivity index (χ1) is 5.60. The van der Waals surface area contributed by atoms with E-state index in [1.54, 1.807) is 0 Å². The number of methoxy groups -OCH3 is 1. The van der Waals surface area contributed by atoms with Gasteiger partial charge < -0.3 is 9.84 Å². The Bertz CT molecular complexity index is 176. The molecule has 0 aromatic carbocycles. The fourth-order valence-corrected chi connectivity index (χ4v) is 0.571. The maximum absolute atomic E-state index is 10.7. The van der Waals surface area contributed by atoms with Crippen molar-refractivity contribution < 1.29 is 24.2 Å². The van der Waals surface area contributed by atoms with Crippen LogP contribution in [0.1, 0.15) is 12.8 Å². The molecule has 0 radical (unpaired) electrons. The van der Waals surface area contributed by atoms with E-state index in [-0.39, 0.29) is 0 Å². The molecular formula is C7H10O5. The minimum absolute atomic E-state index is 0.411. The molecule has 0 amide bonds. The second-order valence-corrected chi connectivity index (χ2v) is 2.17. The van der Waals surface area contributed by atoms with Gasteiger partial charge in [0.05, 0.1) is 13.5 Å². The number of hydrogen-bond acceptors (Lipinski definition) is 5. The van der Waals surface area contributed by atoms with E-state index in [4.69, 9.17) is 5.11 Å². The zero-order valence-corrected chi connectivity index (χ0v) is 6.70. The van der Waals surface area contributed by atoms with E-state index in [2.05, 4.69) is 4.74 Å². The first kappa shape index (κ1) is 10.8. The highest BCUT2D eigenvalue weighted by molar-refractivity contribution is 6.05. The van der Waals surface area contributed by atoms with Gasteiger partial charge in [0.1, 0.15) is 13.0 Å². The molecule has 5 heteroatoms. The lowest BCUT2D eigenvalue weighted by atomic mass is 10.1. The SMILES string of the molecule is COC(=O)CC(=O)CC(=O)CO. The molecule has 0 fully saturated rings. The molecule has 68 valence electrons. The van der Waals surface area contributed by atoms with Gasteiger partial charge in [0.25, 0.3) is 0 Å².